The summed E-state index contributed by atoms with van der Waals surface area (Å²) in [5.74, 6) is -0.886. The van der Waals surface area contributed by atoms with Crippen molar-refractivity contribution in [3.05, 3.63) is 65.1 Å². The summed E-state index contributed by atoms with van der Waals surface area (Å²) < 4.78 is 62.4. The molecule has 3 N–H and O–H groups in total. The fourth-order valence-electron chi connectivity index (χ4n) is 7.66. The van der Waals surface area contributed by atoms with Crippen LogP contribution in [0.1, 0.15) is 101 Å². The van der Waals surface area contributed by atoms with E-state index in [2.05, 4.69) is 47.3 Å². The predicted octanol–water partition coefficient (Wildman–Crippen LogP) is 8.47. The summed E-state index contributed by atoms with van der Waals surface area (Å²) in [4.78, 5) is 33.6. The number of anilines is 1. The van der Waals surface area contributed by atoms with Crippen molar-refractivity contribution in [2.75, 3.05) is 11.8 Å². The number of nitrogens with zero attached hydrogens (tertiary/aromatic N) is 3. The summed E-state index contributed by atoms with van der Waals surface area (Å²) >= 11 is -2.39. The molecule has 2 aromatic carbocycles. The van der Waals surface area contributed by atoms with Crippen LogP contribution in [-0.2, 0) is 30.6 Å². The molecule has 0 amide bonds. The van der Waals surface area contributed by atoms with Crippen LogP contribution in [0.4, 0.5) is 11.4 Å². The first-order valence-corrected chi connectivity index (χ1v) is 21.6. The topological polar surface area (TPSA) is 183 Å². The molecule has 2 heterocycles. The maximum absolute atomic E-state index is 13.8. The van der Waals surface area contributed by atoms with Gasteiger partial charge in [0.15, 0.2) is 32.3 Å². The van der Waals surface area contributed by atoms with Gasteiger partial charge in [-0.25, -0.2) is 23.0 Å². The molecular formula is C40H51N5O9S2. The third kappa shape index (κ3) is 9.55. The molecule has 0 bridgehead atoms. The average Bonchev–Trinajstić information content (AvgIpc) is 3.70. The standard InChI is InChI=1S/C40H51N5O9S2/c1-8-9-10-11-12-13-14-34(39(46)47)56(50,51)33-18-15-24(2)21-32(33)54-55(49)44-29-22-28(16-17-31(29)52-7)37-42-38-35(30(41-6)23-45(38)43-37)40(48)53-36-26(4)19-25(3)20-27(36)5/h15-18,21-23,25-27,34,36,44H,8-14,19-20H2,1-5,7H3,(H,42,43)(H,46,47). The number of esters is 1. The van der Waals surface area contributed by atoms with Gasteiger partial charge < -0.3 is 18.8 Å². The zero-order valence-electron chi connectivity index (χ0n) is 32.7. The molecular weight excluding hydrogens is 759 g/mol. The van der Waals surface area contributed by atoms with Gasteiger partial charge in [0, 0.05) is 11.8 Å². The number of H-pyrrole nitrogens is 1. The van der Waals surface area contributed by atoms with Crippen molar-refractivity contribution in [3.8, 4) is 22.9 Å². The van der Waals surface area contributed by atoms with Crippen LogP contribution >= 0.6 is 0 Å². The first-order chi connectivity index (χ1) is 26.7. The van der Waals surface area contributed by atoms with Gasteiger partial charge in [0.1, 0.15) is 22.3 Å². The molecule has 56 heavy (non-hydrogen) atoms. The number of aromatic nitrogens is 3. The quantitative estimate of drug-likeness (QED) is 0.0501. The Hall–Kier alpha value is -4.88. The van der Waals surface area contributed by atoms with Crippen LogP contribution in [0, 0.1) is 31.2 Å². The van der Waals surface area contributed by atoms with E-state index in [0.29, 0.717) is 35.7 Å². The van der Waals surface area contributed by atoms with E-state index in [1.807, 2.05) is 0 Å². The summed E-state index contributed by atoms with van der Waals surface area (Å²) in [6, 6.07) is 9.06. The highest BCUT2D eigenvalue weighted by Gasteiger charge is 2.37. The Morgan fingerprint density at radius 2 is 1.77 bits per heavy atom. The van der Waals surface area contributed by atoms with Crippen molar-refractivity contribution in [3.63, 3.8) is 0 Å². The van der Waals surface area contributed by atoms with Crippen molar-refractivity contribution >= 4 is 50.1 Å². The zero-order valence-corrected chi connectivity index (χ0v) is 34.3. The van der Waals surface area contributed by atoms with Crippen LogP contribution in [0.5, 0.6) is 11.5 Å². The van der Waals surface area contributed by atoms with E-state index in [-0.39, 0.29) is 63.3 Å². The molecule has 0 spiro atoms. The largest absolute Gasteiger partial charge is 0.495 e. The van der Waals surface area contributed by atoms with Gasteiger partial charge in [-0.05, 0) is 79.8 Å². The van der Waals surface area contributed by atoms with Gasteiger partial charge in [-0.15, -0.1) is 0 Å². The number of fused-ring (bicyclic) bond motifs is 1. The minimum absolute atomic E-state index is 0.0582. The lowest BCUT2D eigenvalue weighted by molar-refractivity contribution is -0.136. The minimum Gasteiger partial charge on any atom is -0.495 e. The van der Waals surface area contributed by atoms with Gasteiger partial charge in [-0.2, -0.15) is 4.21 Å². The van der Waals surface area contributed by atoms with Gasteiger partial charge in [0.05, 0.1) is 19.4 Å². The number of hydrogen-bond acceptors (Lipinski definition) is 9. The van der Waals surface area contributed by atoms with E-state index in [4.69, 9.17) is 20.2 Å². The molecule has 1 aliphatic rings. The molecule has 16 heteroatoms. The van der Waals surface area contributed by atoms with Gasteiger partial charge >= 0.3 is 23.2 Å². The van der Waals surface area contributed by atoms with E-state index < -0.39 is 38.3 Å². The van der Waals surface area contributed by atoms with Crippen LogP contribution < -0.4 is 13.6 Å². The van der Waals surface area contributed by atoms with Crippen LogP contribution in [0.3, 0.4) is 0 Å². The van der Waals surface area contributed by atoms with Gasteiger partial charge in [-0.1, -0.05) is 72.3 Å². The third-order valence-electron chi connectivity index (χ3n) is 10.3. The van der Waals surface area contributed by atoms with Crippen LogP contribution in [0.2, 0.25) is 0 Å². The summed E-state index contributed by atoms with van der Waals surface area (Å²) in [5.41, 5.74) is 1.66. The number of carbonyl (C=O) groups is 2. The Balaban J connectivity index is 1.37. The number of carboxylic acid groups (broad SMARTS) is 1. The third-order valence-corrected chi connectivity index (χ3v) is 13.2. The monoisotopic (exact) mass is 809 g/mol. The Labute approximate surface area is 330 Å². The number of hydrogen-bond donors (Lipinski definition) is 3. The number of carbonyl (C=O) groups excluding carboxylic acids is 1. The molecule has 1 saturated carbocycles. The van der Waals surface area contributed by atoms with Crippen LogP contribution in [0.25, 0.3) is 21.9 Å². The Bertz CT molecular complexity index is 2210. The SMILES string of the molecule is [C-]#[N+]c1cn2[nH]c(-c3ccc(OC)c(NS(=O)Oc4cc(C)ccc4S(=O)(=O)C(CCCCCCCC)C(=O)O)c3)nc2c1C(=O)OC1C(C)CC(C)CC1C. The normalized spacial score (nSPS) is 19.5. The molecule has 4 unspecified atom stereocenters. The number of aliphatic carboxylic acids is 1. The van der Waals surface area contributed by atoms with Crippen molar-refractivity contribution in [2.24, 2.45) is 17.8 Å². The first kappa shape index (κ1) is 42.3. The molecule has 5 rings (SSSR count). The lowest BCUT2D eigenvalue weighted by Crippen LogP contribution is -2.37. The highest BCUT2D eigenvalue weighted by molar-refractivity contribution is 7.93. The van der Waals surface area contributed by atoms with Gasteiger partial charge in [-0.3, -0.25) is 19.1 Å². The Morgan fingerprint density at radius 3 is 2.43 bits per heavy atom. The van der Waals surface area contributed by atoms with Crippen LogP contribution in [0.15, 0.2) is 47.5 Å². The molecule has 2 aromatic heterocycles. The smallest absolute Gasteiger partial charge is 0.331 e. The first-order valence-electron chi connectivity index (χ1n) is 19.0. The highest BCUT2D eigenvalue weighted by Crippen LogP contribution is 2.38. The predicted molar refractivity (Wildman–Crippen MR) is 214 cm³/mol. The lowest BCUT2D eigenvalue weighted by Gasteiger charge is -2.37. The second-order valence-electron chi connectivity index (χ2n) is 14.9. The molecule has 0 radical (unpaired) electrons. The number of nitrogens with one attached hydrogen (secondary N) is 2. The van der Waals surface area contributed by atoms with Crippen molar-refractivity contribution < 1.29 is 41.0 Å². The molecule has 1 aliphatic carbocycles. The number of carboxylic acids is 1. The fraction of sp³-hybridized carbons (Fsp3) is 0.500. The molecule has 302 valence electrons. The zero-order chi connectivity index (χ0) is 40.7. The Kier molecular flexibility index (Phi) is 13.9. The molecule has 4 atom stereocenters. The second kappa shape index (κ2) is 18.4. The van der Waals surface area contributed by atoms with E-state index in [9.17, 15) is 27.3 Å². The average molecular weight is 810 g/mol. The van der Waals surface area contributed by atoms with E-state index >= 15 is 0 Å². The molecule has 0 aliphatic heterocycles. The molecule has 0 saturated heterocycles. The number of aromatic amines is 1. The van der Waals surface area contributed by atoms with E-state index in [1.54, 1.807) is 25.1 Å². The van der Waals surface area contributed by atoms with Gasteiger partial charge in [0.25, 0.3) is 0 Å². The minimum atomic E-state index is -4.44. The highest BCUT2D eigenvalue weighted by atomic mass is 32.2. The number of aryl methyl sites for hydroxylation is 1. The fourth-order valence-corrected chi connectivity index (χ4v) is 10.1. The number of unbranched alkanes of at least 4 members (excludes halogenated alkanes) is 5. The van der Waals surface area contributed by atoms with Crippen molar-refractivity contribution in [1.29, 1.82) is 0 Å². The number of rotatable bonds is 18. The number of ether oxygens (including phenoxy) is 2. The van der Waals surface area contributed by atoms with E-state index in [1.165, 1.54) is 36.0 Å². The molecule has 4 aromatic rings. The van der Waals surface area contributed by atoms with Crippen molar-refractivity contribution in [2.45, 2.75) is 109 Å². The maximum Gasteiger partial charge on any atom is 0.331 e. The van der Waals surface area contributed by atoms with Crippen molar-refractivity contribution in [1.82, 2.24) is 14.6 Å². The van der Waals surface area contributed by atoms with Crippen LogP contribution in [-0.4, -0.2) is 62.7 Å². The summed E-state index contributed by atoms with van der Waals surface area (Å²) in [7, 11) is -3.02. The number of sulfone groups is 1. The summed E-state index contributed by atoms with van der Waals surface area (Å²) in [5, 5.41) is 11.3. The second-order valence-corrected chi connectivity index (χ2v) is 17.8. The number of methoxy groups -OCH3 is 1. The lowest BCUT2D eigenvalue weighted by atomic mass is 9.75. The maximum atomic E-state index is 13.8. The summed E-state index contributed by atoms with van der Waals surface area (Å²) in [6.07, 6.45) is 8.17. The van der Waals surface area contributed by atoms with Gasteiger partial charge in [0.2, 0.25) is 5.69 Å². The number of benzene rings is 2. The summed E-state index contributed by atoms with van der Waals surface area (Å²) in [6.45, 7) is 17.8. The van der Waals surface area contributed by atoms with E-state index in [0.717, 1.165) is 38.5 Å². The molecule has 1 fully saturated rings. The Morgan fingerprint density at radius 1 is 1.07 bits per heavy atom. The molecule has 14 nitrogen and oxygen atoms in total.